The quantitative estimate of drug-likeness (QED) is 0.800. The Hall–Kier alpha value is -1.88. The lowest BCUT2D eigenvalue weighted by molar-refractivity contribution is 0.0862. The number of urea groups is 1. The van der Waals surface area contributed by atoms with Crippen LogP contribution in [0.5, 0.6) is 0 Å². The van der Waals surface area contributed by atoms with Crippen molar-refractivity contribution in [3.8, 4) is 0 Å². The van der Waals surface area contributed by atoms with E-state index in [1.807, 2.05) is 36.9 Å². The van der Waals surface area contributed by atoms with Crippen LogP contribution in [-0.2, 0) is 0 Å². The van der Waals surface area contributed by atoms with E-state index in [1.165, 1.54) is 0 Å². The Balaban J connectivity index is 1.92. The zero-order valence-corrected chi connectivity index (χ0v) is 13.9. The fourth-order valence-electron chi connectivity index (χ4n) is 2.70. The minimum absolute atomic E-state index is 0.0421. The average Bonchev–Trinajstić information content (AvgIpc) is 2.49. The van der Waals surface area contributed by atoms with Crippen LogP contribution < -0.4 is 0 Å². The number of amides is 2. The van der Waals surface area contributed by atoms with Crippen LogP contribution in [0.3, 0.4) is 0 Å². The predicted octanol–water partition coefficient (Wildman–Crippen LogP) is 1.79. The third-order valence-electron chi connectivity index (χ3n) is 4.09. The van der Waals surface area contributed by atoms with Gasteiger partial charge in [-0.2, -0.15) is 0 Å². The molecule has 0 aromatic heterocycles. The zero-order chi connectivity index (χ0) is 16.3. The number of aryl methyl sites for hydroxylation is 2. The standard InChI is InChI=1S/C17H25N3O2/c1-13-5-6-14(2)15(11-13)16(21)12-19-7-9-20(10-8-19)17(22)18(3)4/h5-6,11H,7-10,12H2,1-4H3. The van der Waals surface area contributed by atoms with Crippen molar-refractivity contribution in [1.82, 2.24) is 14.7 Å². The van der Waals surface area contributed by atoms with Crippen molar-refractivity contribution in [2.75, 3.05) is 46.8 Å². The average molecular weight is 303 g/mol. The van der Waals surface area contributed by atoms with Gasteiger partial charge in [0.15, 0.2) is 5.78 Å². The van der Waals surface area contributed by atoms with E-state index in [1.54, 1.807) is 19.0 Å². The number of ketones is 1. The summed E-state index contributed by atoms with van der Waals surface area (Å²) in [7, 11) is 3.53. The largest absolute Gasteiger partial charge is 0.331 e. The molecule has 2 rings (SSSR count). The molecule has 1 aromatic rings. The molecule has 5 nitrogen and oxygen atoms in total. The van der Waals surface area contributed by atoms with Gasteiger partial charge in [-0.25, -0.2) is 4.79 Å². The third kappa shape index (κ3) is 3.85. The number of hydrogen-bond donors (Lipinski definition) is 0. The highest BCUT2D eigenvalue weighted by Gasteiger charge is 2.23. The van der Waals surface area contributed by atoms with Crippen molar-refractivity contribution in [3.63, 3.8) is 0 Å². The molecule has 1 saturated heterocycles. The number of rotatable bonds is 3. The van der Waals surface area contributed by atoms with Crippen molar-refractivity contribution in [2.45, 2.75) is 13.8 Å². The zero-order valence-electron chi connectivity index (χ0n) is 13.9. The van der Waals surface area contributed by atoms with E-state index in [4.69, 9.17) is 0 Å². The van der Waals surface area contributed by atoms with Gasteiger partial charge in [-0.15, -0.1) is 0 Å². The maximum atomic E-state index is 12.5. The molecule has 0 atom stereocenters. The third-order valence-corrected chi connectivity index (χ3v) is 4.09. The van der Waals surface area contributed by atoms with Crippen molar-refractivity contribution in [2.24, 2.45) is 0 Å². The van der Waals surface area contributed by atoms with Gasteiger partial charge in [0.05, 0.1) is 6.54 Å². The number of carbonyl (C=O) groups excluding carboxylic acids is 2. The Bertz CT molecular complexity index is 561. The second kappa shape index (κ2) is 6.92. The summed E-state index contributed by atoms with van der Waals surface area (Å²) in [5, 5.41) is 0. The van der Waals surface area contributed by atoms with Gasteiger partial charge < -0.3 is 9.80 Å². The minimum atomic E-state index is 0.0421. The Morgan fingerprint density at radius 3 is 2.32 bits per heavy atom. The summed E-state index contributed by atoms with van der Waals surface area (Å²) >= 11 is 0. The molecule has 0 N–H and O–H groups in total. The maximum absolute atomic E-state index is 12.5. The summed E-state index contributed by atoms with van der Waals surface area (Å²) in [6.45, 7) is 7.25. The normalized spacial score (nSPS) is 15.7. The van der Waals surface area contributed by atoms with E-state index >= 15 is 0 Å². The molecule has 1 aliphatic heterocycles. The lowest BCUT2D eigenvalue weighted by atomic mass is 10.0. The Morgan fingerprint density at radius 1 is 1.09 bits per heavy atom. The molecule has 0 aliphatic carbocycles. The molecular weight excluding hydrogens is 278 g/mol. The van der Waals surface area contributed by atoms with Crippen LogP contribution in [-0.4, -0.2) is 73.3 Å². The number of Topliss-reactive ketones (excluding diaryl/α,β-unsaturated/α-hetero) is 1. The summed E-state index contributed by atoms with van der Waals surface area (Å²) in [5.41, 5.74) is 2.94. The molecule has 1 fully saturated rings. The fraction of sp³-hybridized carbons (Fsp3) is 0.529. The number of piperazine rings is 1. The van der Waals surface area contributed by atoms with Crippen molar-refractivity contribution in [3.05, 3.63) is 34.9 Å². The number of nitrogens with zero attached hydrogens (tertiary/aromatic N) is 3. The van der Waals surface area contributed by atoms with Gasteiger partial charge in [0.25, 0.3) is 0 Å². The Kier molecular flexibility index (Phi) is 5.19. The number of benzene rings is 1. The molecule has 0 saturated carbocycles. The molecular formula is C17H25N3O2. The van der Waals surface area contributed by atoms with E-state index in [9.17, 15) is 9.59 Å². The van der Waals surface area contributed by atoms with E-state index in [-0.39, 0.29) is 11.8 Å². The van der Waals surface area contributed by atoms with E-state index in [0.717, 1.165) is 29.8 Å². The van der Waals surface area contributed by atoms with Gasteiger partial charge in [0.2, 0.25) is 0 Å². The van der Waals surface area contributed by atoms with Crippen molar-refractivity contribution < 1.29 is 9.59 Å². The van der Waals surface area contributed by atoms with Gasteiger partial charge in [-0.1, -0.05) is 17.7 Å². The SMILES string of the molecule is Cc1ccc(C)c(C(=O)CN2CCN(C(=O)N(C)C)CC2)c1. The highest BCUT2D eigenvalue weighted by molar-refractivity contribution is 5.99. The van der Waals surface area contributed by atoms with Crippen LogP contribution in [0.4, 0.5) is 4.79 Å². The Morgan fingerprint density at radius 2 is 1.73 bits per heavy atom. The van der Waals surface area contributed by atoms with Gasteiger partial charge in [0.1, 0.15) is 0 Å². The van der Waals surface area contributed by atoms with E-state index < -0.39 is 0 Å². The van der Waals surface area contributed by atoms with Crippen LogP contribution in [0, 0.1) is 13.8 Å². The number of hydrogen-bond acceptors (Lipinski definition) is 3. The first-order valence-electron chi connectivity index (χ1n) is 7.67. The first-order chi connectivity index (χ1) is 10.4. The molecule has 5 heteroatoms. The van der Waals surface area contributed by atoms with Crippen LogP contribution in [0.15, 0.2) is 18.2 Å². The monoisotopic (exact) mass is 303 g/mol. The molecule has 22 heavy (non-hydrogen) atoms. The highest BCUT2D eigenvalue weighted by atomic mass is 16.2. The predicted molar refractivity (Wildman–Crippen MR) is 87.3 cm³/mol. The summed E-state index contributed by atoms with van der Waals surface area (Å²) < 4.78 is 0. The molecule has 120 valence electrons. The smallest absolute Gasteiger partial charge is 0.319 e. The topological polar surface area (TPSA) is 43.9 Å². The van der Waals surface area contributed by atoms with E-state index in [2.05, 4.69) is 4.90 Å². The molecule has 0 spiro atoms. The van der Waals surface area contributed by atoms with Gasteiger partial charge in [-0.3, -0.25) is 9.69 Å². The summed E-state index contributed by atoms with van der Waals surface area (Å²) in [5.74, 6) is 0.161. The van der Waals surface area contributed by atoms with Crippen molar-refractivity contribution >= 4 is 11.8 Å². The molecule has 2 amide bonds. The molecule has 1 heterocycles. The second-order valence-corrected chi connectivity index (χ2v) is 6.18. The van der Waals surface area contributed by atoms with Crippen molar-refractivity contribution in [1.29, 1.82) is 0 Å². The second-order valence-electron chi connectivity index (χ2n) is 6.18. The summed E-state index contributed by atoms with van der Waals surface area (Å²) in [4.78, 5) is 29.9. The van der Waals surface area contributed by atoms with Crippen LogP contribution >= 0.6 is 0 Å². The van der Waals surface area contributed by atoms with Gasteiger partial charge >= 0.3 is 6.03 Å². The highest BCUT2D eigenvalue weighted by Crippen LogP contribution is 2.13. The lowest BCUT2D eigenvalue weighted by Crippen LogP contribution is -2.52. The molecule has 0 bridgehead atoms. The maximum Gasteiger partial charge on any atom is 0.319 e. The molecule has 1 aliphatic rings. The molecule has 0 radical (unpaired) electrons. The van der Waals surface area contributed by atoms with Gasteiger partial charge in [0, 0.05) is 45.8 Å². The first kappa shape index (κ1) is 16.5. The van der Waals surface area contributed by atoms with Crippen LogP contribution in [0.1, 0.15) is 21.5 Å². The summed E-state index contributed by atoms with van der Waals surface area (Å²) in [6.07, 6.45) is 0. The fourth-order valence-corrected chi connectivity index (χ4v) is 2.70. The minimum Gasteiger partial charge on any atom is -0.331 e. The Labute approximate surface area is 132 Å². The summed E-state index contributed by atoms with van der Waals surface area (Å²) in [6, 6.07) is 6.03. The van der Waals surface area contributed by atoms with Crippen LogP contribution in [0.2, 0.25) is 0 Å². The van der Waals surface area contributed by atoms with Crippen LogP contribution in [0.25, 0.3) is 0 Å². The number of carbonyl (C=O) groups is 2. The first-order valence-corrected chi connectivity index (χ1v) is 7.67. The molecule has 1 aromatic carbocycles. The van der Waals surface area contributed by atoms with E-state index in [0.29, 0.717) is 19.6 Å². The lowest BCUT2D eigenvalue weighted by Gasteiger charge is -2.35. The van der Waals surface area contributed by atoms with Gasteiger partial charge in [-0.05, 0) is 25.5 Å². The molecule has 0 unspecified atom stereocenters.